The maximum atomic E-state index is 13.9. The molecule has 1 unspecified atom stereocenters. The fourth-order valence-corrected chi connectivity index (χ4v) is 4.65. The number of carbonyl (C=O) groups excluding carboxylic acids is 2. The van der Waals surface area contributed by atoms with Gasteiger partial charge in [-0.1, -0.05) is 96.6 Å². The molecule has 2 amide bonds. The Morgan fingerprint density at radius 2 is 1.32 bits per heavy atom. The highest BCUT2D eigenvalue weighted by Crippen LogP contribution is 2.29. The molecule has 4 aromatic rings. The second-order valence-electron chi connectivity index (χ2n) is 9.87. The second-order valence-corrected chi connectivity index (χ2v) is 9.87. The summed E-state index contributed by atoms with van der Waals surface area (Å²) in [6.07, 6.45) is 0.447. The number of nitrogens with zero attached hydrogens (tertiary/aromatic N) is 1. The molecule has 0 aliphatic rings. The van der Waals surface area contributed by atoms with Crippen LogP contribution in [0.2, 0.25) is 0 Å². The Bertz CT molecular complexity index is 1470. The normalized spacial score (nSPS) is 11.4. The summed E-state index contributed by atoms with van der Waals surface area (Å²) >= 11 is 0. The number of carboxylic acids is 1. The van der Waals surface area contributed by atoms with E-state index in [2.05, 4.69) is 5.32 Å². The van der Waals surface area contributed by atoms with Crippen LogP contribution in [0.15, 0.2) is 103 Å². The van der Waals surface area contributed by atoms with Gasteiger partial charge in [-0.2, -0.15) is 0 Å². The van der Waals surface area contributed by atoms with E-state index in [1.165, 1.54) is 0 Å². The van der Waals surface area contributed by atoms with Crippen LogP contribution in [-0.4, -0.2) is 40.9 Å². The Hall–Kier alpha value is -4.71. The van der Waals surface area contributed by atoms with Crippen molar-refractivity contribution in [1.82, 2.24) is 10.2 Å². The van der Waals surface area contributed by atoms with Gasteiger partial charge in [0.25, 0.3) is 11.8 Å². The van der Waals surface area contributed by atoms with E-state index >= 15 is 0 Å². The van der Waals surface area contributed by atoms with Crippen molar-refractivity contribution in [2.24, 2.45) is 0 Å². The van der Waals surface area contributed by atoms with Crippen molar-refractivity contribution >= 4 is 17.8 Å². The molecule has 4 rings (SSSR count). The number of hydrogen-bond donors (Lipinski definition) is 2. The summed E-state index contributed by atoms with van der Waals surface area (Å²) in [6.45, 7) is 4.41. The smallest absolute Gasteiger partial charge is 0.305 e. The standard InChI is InChI=1S/C34H34N2O4/c1-24-16-18-26(19-17-24)20-22-36(23-21-32(37)38)34(40)31-15-9-7-13-29(31)28-12-6-8-14-30(28)33(39)35-25(2)27-10-4-3-5-11-27/h3-19,25H,20-23H2,1-2H3,(H,35,39)(H,37,38). The van der Waals surface area contributed by atoms with Gasteiger partial charge in [0.15, 0.2) is 0 Å². The first-order valence-corrected chi connectivity index (χ1v) is 13.4. The van der Waals surface area contributed by atoms with Crippen molar-refractivity contribution in [3.05, 3.63) is 131 Å². The molecule has 2 N–H and O–H groups in total. The van der Waals surface area contributed by atoms with Gasteiger partial charge in [0.1, 0.15) is 0 Å². The minimum Gasteiger partial charge on any atom is -0.481 e. The van der Waals surface area contributed by atoms with Gasteiger partial charge in [-0.15, -0.1) is 0 Å². The average molecular weight is 535 g/mol. The fraction of sp³-hybridized carbons (Fsp3) is 0.206. The predicted octanol–water partition coefficient (Wildman–Crippen LogP) is 6.31. The molecule has 0 aromatic heterocycles. The molecule has 0 bridgehead atoms. The van der Waals surface area contributed by atoms with Gasteiger partial charge in [0.05, 0.1) is 12.5 Å². The molecule has 0 spiro atoms. The second kappa shape index (κ2) is 13.4. The van der Waals surface area contributed by atoms with Gasteiger partial charge < -0.3 is 15.3 Å². The first-order chi connectivity index (χ1) is 19.3. The number of carbonyl (C=O) groups is 3. The molecule has 6 nitrogen and oxygen atoms in total. The Balaban J connectivity index is 1.62. The lowest BCUT2D eigenvalue weighted by Crippen LogP contribution is -2.35. The van der Waals surface area contributed by atoms with Crippen molar-refractivity contribution in [1.29, 1.82) is 0 Å². The predicted molar refractivity (Wildman–Crippen MR) is 157 cm³/mol. The molecule has 0 saturated carbocycles. The Labute approximate surface area is 235 Å². The minimum absolute atomic E-state index is 0.0884. The molecule has 4 aromatic carbocycles. The van der Waals surface area contributed by atoms with Crippen LogP contribution in [0.1, 0.15) is 56.8 Å². The molecule has 0 saturated heterocycles. The quantitative estimate of drug-likeness (QED) is 0.236. The summed E-state index contributed by atoms with van der Waals surface area (Å²) < 4.78 is 0. The SMILES string of the molecule is Cc1ccc(CCN(CCC(=O)O)C(=O)c2ccccc2-c2ccccc2C(=O)NC(C)c2ccccc2)cc1. The van der Waals surface area contributed by atoms with Crippen LogP contribution >= 0.6 is 0 Å². The third-order valence-corrected chi connectivity index (χ3v) is 6.94. The van der Waals surface area contributed by atoms with Crippen molar-refractivity contribution in [2.75, 3.05) is 13.1 Å². The summed E-state index contributed by atoms with van der Waals surface area (Å²) in [7, 11) is 0. The topological polar surface area (TPSA) is 86.7 Å². The molecule has 40 heavy (non-hydrogen) atoms. The van der Waals surface area contributed by atoms with E-state index in [1.807, 2.05) is 92.7 Å². The Kier molecular flexibility index (Phi) is 9.47. The van der Waals surface area contributed by atoms with Crippen LogP contribution in [0.3, 0.4) is 0 Å². The number of aryl methyl sites for hydroxylation is 1. The first-order valence-electron chi connectivity index (χ1n) is 13.4. The van der Waals surface area contributed by atoms with E-state index in [-0.39, 0.29) is 30.8 Å². The van der Waals surface area contributed by atoms with Gasteiger partial charge in [0, 0.05) is 24.2 Å². The van der Waals surface area contributed by atoms with Crippen molar-refractivity contribution < 1.29 is 19.5 Å². The van der Waals surface area contributed by atoms with Crippen molar-refractivity contribution in [3.8, 4) is 11.1 Å². The van der Waals surface area contributed by atoms with Crippen molar-refractivity contribution in [3.63, 3.8) is 0 Å². The van der Waals surface area contributed by atoms with E-state index < -0.39 is 5.97 Å². The lowest BCUT2D eigenvalue weighted by Gasteiger charge is -2.24. The largest absolute Gasteiger partial charge is 0.481 e. The maximum Gasteiger partial charge on any atom is 0.305 e. The van der Waals surface area contributed by atoms with E-state index in [1.54, 1.807) is 29.2 Å². The van der Waals surface area contributed by atoms with E-state index in [4.69, 9.17) is 0 Å². The molecule has 6 heteroatoms. The summed E-state index contributed by atoms with van der Waals surface area (Å²) in [4.78, 5) is 40.3. The molecule has 0 aliphatic heterocycles. The van der Waals surface area contributed by atoms with Gasteiger partial charge in [-0.25, -0.2) is 0 Å². The molecule has 0 fully saturated rings. The summed E-state index contributed by atoms with van der Waals surface area (Å²) in [6, 6.07) is 32.0. The van der Waals surface area contributed by atoms with Gasteiger partial charge in [0.2, 0.25) is 0 Å². The monoisotopic (exact) mass is 534 g/mol. The summed E-state index contributed by atoms with van der Waals surface area (Å²) in [5, 5.41) is 12.4. The lowest BCUT2D eigenvalue weighted by atomic mass is 9.94. The minimum atomic E-state index is -0.962. The number of hydrogen-bond acceptors (Lipinski definition) is 3. The van der Waals surface area contributed by atoms with E-state index in [0.29, 0.717) is 35.2 Å². The number of carboxylic acid groups (broad SMARTS) is 1. The van der Waals surface area contributed by atoms with Gasteiger partial charge in [-0.3, -0.25) is 14.4 Å². The molecule has 1 atom stereocenters. The highest BCUT2D eigenvalue weighted by atomic mass is 16.4. The number of benzene rings is 4. The molecule has 204 valence electrons. The lowest BCUT2D eigenvalue weighted by molar-refractivity contribution is -0.137. The average Bonchev–Trinajstić information content (AvgIpc) is 2.98. The Morgan fingerprint density at radius 1 is 0.750 bits per heavy atom. The van der Waals surface area contributed by atoms with E-state index in [9.17, 15) is 19.5 Å². The highest BCUT2D eigenvalue weighted by molar-refractivity contribution is 6.06. The fourth-order valence-electron chi connectivity index (χ4n) is 4.65. The third-order valence-electron chi connectivity index (χ3n) is 6.94. The molecule has 0 heterocycles. The maximum absolute atomic E-state index is 13.9. The third kappa shape index (κ3) is 7.23. The van der Waals surface area contributed by atoms with Crippen LogP contribution < -0.4 is 5.32 Å². The summed E-state index contributed by atoms with van der Waals surface area (Å²) in [5.74, 6) is -1.47. The zero-order chi connectivity index (χ0) is 28.5. The number of rotatable bonds is 11. The zero-order valence-corrected chi connectivity index (χ0v) is 22.8. The first kappa shape index (κ1) is 28.3. The van der Waals surface area contributed by atoms with Crippen LogP contribution in [0.25, 0.3) is 11.1 Å². The molecule has 0 radical (unpaired) electrons. The van der Waals surface area contributed by atoms with Crippen LogP contribution in [0, 0.1) is 6.92 Å². The van der Waals surface area contributed by atoms with Crippen LogP contribution in [0.4, 0.5) is 0 Å². The highest BCUT2D eigenvalue weighted by Gasteiger charge is 2.23. The number of amides is 2. The number of nitrogens with one attached hydrogen (secondary N) is 1. The summed E-state index contributed by atoms with van der Waals surface area (Å²) in [5.41, 5.74) is 5.36. The molecular formula is C34H34N2O4. The van der Waals surface area contributed by atoms with Gasteiger partial charge >= 0.3 is 5.97 Å². The van der Waals surface area contributed by atoms with Gasteiger partial charge in [-0.05, 0) is 54.7 Å². The Morgan fingerprint density at radius 3 is 1.98 bits per heavy atom. The van der Waals surface area contributed by atoms with Crippen molar-refractivity contribution in [2.45, 2.75) is 32.7 Å². The van der Waals surface area contributed by atoms with Crippen LogP contribution in [-0.2, 0) is 11.2 Å². The molecular weight excluding hydrogens is 500 g/mol. The van der Waals surface area contributed by atoms with Crippen LogP contribution in [0.5, 0.6) is 0 Å². The number of aliphatic carboxylic acids is 1. The zero-order valence-electron chi connectivity index (χ0n) is 22.8. The molecule has 0 aliphatic carbocycles. The van der Waals surface area contributed by atoms with E-state index in [0.717, 1.165) is 16.7 Å².